The van der Waals surface area contributed by atoms with Crippen molar-refractivity contribution in [1.29, 1.82) is 0 Å². The molecule has 13 heavy (non-hydrogen) atoms. The summed E-state index contributed by atoms with van der Waals surface area (Å²) >= 11 is 0. The number of aliphatic hydroxyl groups is 3. The first-order valence-electron chi connectivity index (χ1n) is 4.44. The average molecular weight is 192 g/mol. The summed E-state index contributed by atoms with van der Waals surface area (Å²) < 4.78 is 10.2. The maximum absolute atomic E-state index is 9.37. The molecule has 0 aromatic heterocycles. The van der Waals surface area contributed by atoms with Crippen molar-refractivity contribution < 1.29 is 24.8 Å². The summed E-state index contributed by atoms with van der Waals surface area (Å²) in [6.07, 6.45) is -2.87. The molecule has 1 fully saturated rings. The van der Waals surface area contributed by atoms with Gasteiger partial charge in [0, 0.05) is 6.61 Å². The van der Waals surface area contributed by atoms with Gasteiger partial charge in [0.15, 0.2) is 6.29 Å². The van der Waals surface area contributed by atoms with Gasteiger partial charge in [0.1, 0.15) is 18.3 Å². The molecule has 0 bridgehead atoms. The van der Waals surface area contributed by atoms with Gasteiger partial charge in [-0.15, -0.1) is 0 Å². The van der Waals surface area contributed by atoms with E-state index in [0.717, 1.165) is 6.42 Å². The smallest absolute Gasteiger partial charge is 0.186 e. The van der Waals surface area contributed by atoms with Crippen LogP contribution in [0.3, 0.4) is 0 Å². The lowest BCUT2D eigenvalue weighted by Gasteiger charge is -2.14. The maximum atomic E-state index is 9.37. The van der Waals surface area contributed by atoms with E-state index in [1.165, 1.54) is 0 Å². The lowest BCUT2D eigenvalue weighted by Crippen LogP contribution is -2.34. The van der Waals surface area contributed by atoms with Gasteiger partial charge in [0.2, 0.25) is 0 Å². The molecule has 5 nitrogen and oxygen atoms in total. The molecule has 78 valence electrons. The van der Waals surface area contributed by atoms with E-state index in [9.17, 15) is 10.2 Å². The molecule has 0 aromatic carbocycles. The summed E-state index contributed by atoms with van der Waals surface area (Å²) in [6.45, 7) is 2.08. The average Bonchev–Trinajstić information content (AvgIpc) is 2.41. The van der Waals surface area contributed by atoms with Gasteiger partial charge in [-0.05, 0) is 6.42 Å². The first kappa shape index (κ1) is 10.9. The zero-order valence-corrected chi connectivity index (χ0v) is 7.59. The lowest BCUT2D eigenvalue weighted by atomic mass is 10.1. The van der Waals surface area contributed by atoms with E-state index in [1.54, 1.807) is 0 Å². The minimum atomic E-state index is -1.07. The molecule has 4 atom stereocenters. The molecule has 0 aromatic rings. The molecule has 1 rings (SSSR count). The van der Waals surface area contributed by atoms with Crippen molar-refractivity contribution in [3.05, 3.63) is 0 Å². The van der Waals surface area contributed by atoms with E-state index < -0.39 is 24.6 Å². The van der Waals surface area contributed by atoms with Crippen LogP contribution in [0.15, 0.2) is 0 Å². The van der Waals surface area contributed by atoms with Crippen molar-refractivity contribution in [2.75, 3.05) is 13.2 Å². The van der Waals surface area contributed by atoms with Gasteiger partial charge < -0.3 is 24.8 Å². The summed E-state index contributed by atoms with van der Waals surface area (Å²) in [5.41, 5.74) is 0. The number of aliphatic hydroxyl groups excluding tert-OH is 3. The normalized spacial score (nSPS) is 39.7. The first-order chi connectivity index (χ1) is 6.20. The van der Waals surface area contributed by atoms with Gasteiger partial charge in [-0.25, -0.2) is 0 Å². The van der Waals surface area contributed by atoms with Crippen LogP contribution in [0.25, 0.3) is 0 Å². The van der Waals surface area contributed by atoms with Crippen molar-refractivity contribution in [3.8, 4) is 0 Å². The molecular weight excluding hydrogens is 176 g/mol. The Hall–Kier alpha value is -0.200. The van der Waals surface area contributed by atoms with E-state index in [0.29, 0.717) is 6.61 Å². The molecule has 1 saturated heterocycles. The molecule has 0 amide bonds. The van der Waals surface area contributed by atoms with Crippen molar-refractivity contribution >= 4 is 0 Å². The second-order valence-corrected chi connectivity index (χ2v) is 3.08. The van der Waals surface area contributed by atoms with E-state index in [-0.39, 0.29) is 6.61 Å². The minimum Gasteiger partial charge on any atom is -0.394 e. The highest BCUT2D eigenvalue weighted by Crippen LogP contribution is 2.21. The summed E-state index contributed by atoms with van der Waals surface area (Å²) in [5.74, 6) is 0. The highest BCUT2D eigenvalue weighted by atomic mass is 16.7. The van der Waals surface area contributed by atoms with Crippen LogP contribution in [-0.4, -0.2) is 53.1 Å². The predicted octanol–water partition coefficient (Wildman–Crippen LogP) is -1.15. The minimum absolute atomic E-state index is 0.315. The third-order valence-electron chi connectivity index (χ3n) is 1.98. The Balaban J connectivity index is 2.40. The van der Waals surface area contributed by atoms with E-state index in [1.807, 2.05) is 6.92 Å². The molecular formula is C8H16O5. The molecule has 3 N–H and O–H groups in total. The molecule has 1 aliphatic rings. The molecule has 0 aliphatic carbocycles. The predicted molar refractivity (Wildman–Crippen MR) is 44.0 cm³/mol. The van der Waals surface area contributed by atoms with Gasteiger partial charge in [-0.3, -0.25) is 0 Å². The van der Waals surface area contributed by atoms with Gasteiger partial charge >= 0.3 is 0 Å². The van der Waals surface area contributed by atoms with Crippen LogP contribution in [0.1, 0.15) is 13.3 Å². The molecule has 0 saturated carbocycles. The summed E-state index contributed by atoms with van der Waals surface area (Å²) in [6, 6.07) is 0. The van der Waals surface area contributed by atoms with Crippen molar-refractivity contribution in [2.24, 2.45) is 0 Å². The summed E-state index contributed by atoms with van der Waals surface area (Å²) in [5, 5.41) is 27.4. The van der Waals surface area contributed by atoms with Gasteiger partial charge in [0.05, 0.1) is 6.61 Å². The number of hydrogen-bond donors (Lipinski definition) is 3. The van der Waals surface area contributed by atoms with Crippen LogP contribution < -0.4 is 0 Å². The van der Waals surface area contributed by atoms with Crippen molar-refractivity contribution in [3.63, 3.8) is 0 Å². The molecule has 0 unspecified atom stereocenters. The fourth-order valence-electron chi connectivity index (χ4n) is 1.24. The SMILES string of the molecule is CCCO[C@H]1O[C@H](CO)[C@@H](O)[C@H]1O. The van der Waals surface area contributed by atoms with Gasteiger partial charge in [-0.2, -0.15) is 0 Å². The Morgan fingerprint density at radius 2 is 2.00 bits per heavy atom. The third-order valence-corrected chi connectivity index (χ3v) is 1.98. The Kier molecular flexibility index (Phi) is 4.08. The van der Waals surface area contributed by atoms with E-state index >= 15 is 0 Å². The Labute approximate surface area is 76.9 Å². The second kappa shape index (κ2) is 4.88. The van der Waals surface area contributed by atoms with Crippen LogP contribution in [0.4, 0.5) is 0 Å². The highest BCUT2D eigenvalue weighted by molar-refractivity contribution is 4.85. The topological polar surface area (TPSA) is 79.2 Å². The fraction of sp³-hybridized carbons (Fsp3) is 1.00. The van der Waals surface area contributed by atoms with Crippen LogP contribution >= 0.6 is 0 Å². The van der Waals surface area contributed by atoms with Crippen LogP contribution in [0, 0.1) is 0 Å². The monoisotopic (exact) mass is 192 g/mol. The molecule has 1 aliphatic heterocycles. The fourth-order valence-corrected chi connectivity index (χ4v) is 1.24. The highest BCUT2D eigenvalue weighted by Gasteiger charge is 2.42. The molecule has 5 heteroatoms. The standard InChI is InChI=1S/C8H16O5/c1-2-3-12-8-7(11)6(10)5(4-9)13-8/h5-11H,2-4H2,1H3/t5-,6-,7-,8+/m1/s1. The Bertz CT molecular complexity index is 151. The lowest BCUT2D eigenvalue weighted by molar-refractivity contribution is -0.169. The molecule has 1 heterocycles. The largest absolute Gasteiger partial charge is 0.394 e. The second-order valence-electron chi connectivity index (χ2n) is 3.08. The number of rotatable bonds is 4. The van der Waals surface area contributed by atoms with Crippen molar-refractivity contribution in [1.82, 2.24) is 0 Å². The zero-order valence-electron chi connectivity index (χ0n) is 7.59. The van der Waals surface area contributed by atoms with Crippen LogP contribution in [0.2, 0.25) is 0 Å². The number of hydrogen-bond acceptors (Lipinski definition) is 5. The summed E-state index contributed by atoms with van der Waals surface area (Å²) in [7, 11) is 0. The number of ether oxygens (including phenoxy) is 2. The van der Waals surface area contributed by atoms with E-state index in [2.05, 4.69) is 0 Å². The summed E-state index contributed by atoms with van der Waals surface area (Å²) in [4.78, 5) is 0. The van der Waals surface area contributed by atoms with Crippen LogP contribution in [0.5, 0.6) is 0 Å². The Morgan fingerprint density at radius 3 is 2.46 bits per heavy atom. The quantitative estimate of drug-likeness (QED) is 0.524. The third kappa shape index (κ3) is 2.38. The first-order valence-corrected chi connectivity index (χ1v) is 4.44. The van der Waals surface area contributed by atoms with Crippen molar-refractivity contribution in [2.45, 2.75) is 37.9 Å². The van der Waals surface area contributed by atoms with Crippen LogP contribution in [-0.2, 0) is 9.47 Å². The van der Waals surface area contributed by atoms with Gasteiger partial charge in [-0.1, -0.05) is 6.92 Å². The molecule has 0 radical (unpaired) electrons. The molecule has 0 spiro atoms. The maximum Gasteiger partial charge on any atom is 0.186 e. The Morgan fingerprint density at radius 1 is 1.31 bits per heavy atom. The van der Waals surface area contributed by atoms with Gasteiger partial charge in [0.25, 0.3) is 0 Å². The van der Waals surface area contributed by atoms with E-state index in [4.69, 9.17) is 14.6 Å². The zero-order chi connectivity index (χ0) is 9.84.